The number of fused-ring (bicyclic) bond motifs is 1. The number of alkyl halides is 3. The van der Waals surface area contributed by atoms with Gasteiger partial charge in [0, 0.05) is 51.1 Å². The minimum absolute atomic E-state index is 0.0655. The molecule has 0 spiro atoms. The monoisotopic (exact) mass is 642 g/mol. The largest absolute Gasteiger partial charge is 0.484 e. The Morgan fingerprint density at radius 1 is 1.05 bits per heavy atom. The second kappa shape index (κ2) is 16.5. The van der Waals surface area contributed by atoms with Gasteiger partial charge in [-0.1, -0.05) is 29.8 Å². The van der Waals surface area contributed by atoms with Crippen molar-refractivity contribution in [3.63, 3.8) is 0 Å². The fourth-order valence-electron chi connectivity index (χ4n) is 4.61. The number of nitrogens with zero attached hydrogens (tertiary/aromatic N) is 3. The molecule has 1 N–H and O–H groups in total. The van der Waals surface area contributed by atoms with E-state index in [0.29, 0.717) is 50.8 Å². The Labute approximate surface area is 260 Å². The zero-order valence-corrected chi connectivity index (χ0v) is 25.7. The van der Waals surface area contributed by atoms with Crippen LogP contribution in [0, 0.1) is 0 Å². The van der Waals surface area contributed by atoms with Crippen LogP contribution in [0.1, 0.15) is 36.7 Å². The first kappa shape index (κ1) is 34.9. The predicted molar refractivity (Wildman–Crippen MR) is 159 cm³/mol. The van der Waals surface area contributed by atoms with Gasteiger partial charge in [-0.05, 0) is 50.6 Å². The maximum atomic E-state index is 13.7. The van der Waals surface area contributed by atoms with E-state index >= 15 is 0 Å². The summed E-state index contributed by atoms with van der Waals surface area (Å²) in [7, 11) is 0. The van der Waals surface area contributed by atoms with E-state index in [1.165, 1.54) is 17.0 Å². The van der Waals surface area contributed by atoms with Gasteiger partial charge in [0.15, 0.2) is 6.61 Å². The van der Waals surface area contributed by atoms with Crippen molar-refractivity contribution >= 4 is 35.1 Å². The molecule has 2 aromatic carbocycles. The van der Waals surface area contributed by atoms with Gasteiger partial charge in [0.1, 0.15) is 5.75 Å². The SMILES string of the molecule is CCOCCN(CCOCC)C(=O)CNC(=O)N1Cc2ccccc2N(C(=O)c2ccc(OCC(F)(F)F)cc2Cl)C[C@H]1C. The van der Waals surface area contributed by atoms with Crippen LogP contribution in [0.3, 0.4) is 0 Å². The molecule has 10 nitrogen and oxygen atoms in total. The molecule has 0 aliphatic carbocycles. The van der Waals surface area contributed by atoms with Crippen molar-refractivity contribution in [2.24, 2.45) is 0 Å². The molecule has 0 radical (unpaired) electrons. The van der Waals surface area contributed by atoms with E-state index in [2.05, 4.69) is 5.32 Å². The average Bonchev–Trinajstić information content (AvgIpc) is 3.14. The number of benzene rings is 2. The highest BCUT2D eigenvalue weighted by atomic mass is 35.5. The maximum absolute atomic E-state index is 13.7. The Balaban J connectivity index is 1.73. The van der Waals surface area contributed by atoms with E-state index in [1.54, 1.807) is 41.0 Å². The van der Waals surface area contributed by atoms with Crippen LogP contribution in [0.4, 0.5) is 23.7 Å². The molecule has 1 aliphatic heterocycles. The Hall–Kier alpha value is -3.55. The lowest BCUT2D eigenvalue weighted by molar-refractivity contribution is -0.153. The molecule has 1 atom stereocenters. The van der Waals surface area contributed by atoms with Crippen molar-refractivity contribution in [2.75, 3.05) is 64.1 Å². The van der Waals surface area contributed by atoms with Gasteiger partial charge >= 0.3 is 12.2 Å². The first-order valence-electron chi connectivity index (χ1n) is 14.3. The Morgan fingerprint density at radius 3 is 2.32 bits per heavy atom. The zero-order valence-electron chi connectivity index (χ0n) is 25.0. The van der Waals surface area contributed by atoms with Crippen molar-refractivity contribution < 1.29 is 41.8 Å². The third-order valence-corrected chi connectivity index (χ3v) is 7.16. The standard InChI is InChI=1S/C30H38ClF3N4O6/c1-4-42-14-12-36(13-15-43-5-2)27(39)17-35-29(41)37-19-22-8-6-7-9-26(22)38(18-21(37)3)28(40)24-11-10-23(16-25(24)31)44-20-30(32,33)34/h6-11,16,21H,4-5,12-15,17-20H2,1-3H3,(H,35,41)/t21-/m1/s1. The number of carbonyl (C=O) groups is 3. The summed E-state index contributed by atoms with van der Waals surface area (Å²) in [4.78, 5) is 44.7. The molecule has 1 aliphatic rings. The van der Waals surface area contributed by atoms with Gasteiger partial charge in [0.25, 0.3) is 5.91 Å². The van der Waals surface area contributed by atoms with Crippen LogP contribution in [0.25, 0.3) is 0 Å². The summed E-state index contributed by atoms with van der Waals surface area (Å²) in [6.45, 7) is 6.52. The maximum Gasteiger partial charge on any atom is 0.422 e. The molecular formula is C30H38ClF3N4O6. The van der Waals surface area contributed by atoms with Crippen molar-refractivity contribution in [2.45, 2.75) is 39.5 Å². The van der Waals surface area contributed by atoms with Crippen LogP contribution < -0.4 is 15.0 Å². The molecule has 242 valence electrons. The number of hydrogen-bond donors (Lipinski definition) is 1. The molecule has 1 heterocycles. The normalized spacial score (nSPS) is 14.9. The molecular weight excluding hydrogens is 605 g/mol. The van der Waals surface area contributed by atoms with Crippen LogP contribution in [-0.2, 0) is 20.8 Å². The third kappa shape index (κ3) is 10.00. The van der Waals surface area contributed by atoms with E-state index in [1.807, 2.05) is 13.8 Å². The van der Waals surface area contributed by atoms with E-state index in [0.717, 1.165) is 6.07 Å². The zero-order chi connectivity index (χ0) is 32.3. The van der Waals surface area contributed by atoms with Crippen LogP contribution in [0.2, 0.25) is 5.02 Å². The summed E-state index contributed by atoms with van der Waals surface area (Å²) in [5.74, 6) is -0.900. The third-order valence-electron chi connectivity index (χ3n) is 6.84. The van der Waals surface area contributed by atoms with E-state index in [4.69, 9.17) is 25.8 Å². The number of para-hydroxylation sites is 1. The Kier molecular flexibility index (Phi) is 13.1. The molecule has 14 heteroatoms. The van der Waals surface area contributed by atoms with Gasteiger partial charge < -0.3 is 34.2 Å². The number of urea groups is 1. The number of amides is 4. The number of rotatable bonds is 13. The minimum Gasteiger partial charge on any atom is -0.484 e. The average molecular weight is 643 g/mol. The Bertz CT molecular complexity index is 1270. The second-order valence-corrected chi connectivity index (χ2v) is 10.4. The van der Waals surface area contributed by atoms with Crippen molar-refractivity contribution in [1.82, 2.24) is 15.1 Å². The van der Waals surface area contributed by atoms with Gasteiger partial charge in [-0.2, -0.15) is 13.2 Å². The molecule has 4 amide bonds. The molecule has 0 bridgehead atoms. The van der Waals surface area contributed by atoms with E-state index in [-0.39, 0.29) is 41.9 Å². The highest BCUT2D eigenvalue weighted by Crippen LogP contribution is 2.31. The lowest BCUT2D eigenvalue weighted by Crippen LogP contribution is -2.50. The molecule has 0 saturated heterocycles. The van der Waals surface area contributed by atoms with Gasteiger partial charge in [0.2, 0.25) is 5.91 Å². The molecule has 44 heavy (non-hydrogen) atoms. The fourth-order valence-corrected chi connectivity index (χ4v) is 4.86. The van der Waals surface area contributed by atoms with E-state index < -0.39 is 30.8 Å². The first-order chi connectivity index (χ1) is 20.9. The summed E-state index contributed by atoms with van der Waals surface area (Å²) in [6.07, 6.45) is -4.52. The second-order valence-electron chi connectivity index (χ2n) is 10.0. The molecule has 0 aromatic heterocycles. The van der Waals surface area contributed by atoms with Crippen LogP contribution in [0.15, 0.2) is 42.5 Å². The number of anilines is 1. The number of nitrogens with one attached hydrogen (secondary N) is 1. The first-order valence-corrected chi connectivity index (χ1v) is 14.7. The van der Waals surface area contributed by atoms with Crippen molar-refractivity contribution in [1.29, 1.82) is 0 Å². The van der Waals surface area contributed by atoms with Crippen LogP contribution in [0.5, 0.6) is 5.75 Å². The summed E-state index contributed by atoms with van der Waals surface area (Å²) in [5, 5.41) is 2.64. The molecule has 0 saturated carbocycles. The van der Waals surface area contributed by atoms with Crippen LogP contribution >= 0.6 is 11.6 Å². The van der Waals surface area contributed by atoms with Gasteiger partial charge in [-0.3, -0.25) is 9.59 Å². The highest BCUT2D eigenvalue weighted by Gasteiger charge is 2.33. The van der Waals surface area contributed by atoms with E-state index in [9.17, 15) is 27.6 Å². The van der Waals surface area contributed by atoms with Gasteiger partial charge in [-0.15, -0.1) is 0 Å². The molecule has 0 unspecified atom stereocenters. The number of ether oxygens (including phenoxy) is 3. The number of hydrogen-bond acceptors (Lipinski definition) is 6. The number of carbonyl (C=O) groups excluding carboxylic acids is 3. The van der Waals surface area contributed by atoms with Crippen LogP contribution in [-0.4, -0.2) is 99.1 Å². The lowest BCUT2D eigenvalue weighted by Gasteiger charge is -2.30. The summed E-state index contributed by atoms with van der Waals surface area (Å²) >= 11 is 6.32. The summed E-state index contributed by atoms with van der Waals surface area (Å²) < 4.78 is 53.2. The van der Waals surface area contributed by atoms with Gasteiger partial charge in [0.05, 0.1) is 30.3 Å². The highest BCUT2D eigenvalue weighted by molar-refractivity contribution is 6.34. The molecule has 2 aromatic rings. The fraction of sp³-hybridized carbons (Fsp3) is 0.500. The Morgan fingerprint density at radius 2 is 1.70 bits per heavy atom. The van der Waals surface area contributed by atoms with Crippen molar-refractivity contribution in [3.05, 3.63) is 58.6 Å². The number of halogens is 4. The lowest BCUT2D eigenvalue weighted by atomic mass is 10.1. The van der Waals surface area contributed by atoms with Crippen molar-refractivity contribution in [3.8, 4) is 5.75 Å². The van der Waals surface area contributed by atoms with Gasteiger partial charge in [-0.25, -0.2) is 4.79 Å². The summed E-state index contributed by atoms with van der Waals surface area (Å²) in [6, 6.07) is 9.84. The quantitative estimate of drug-likeness (QED) is 0.317. The minimum atomic E-state index is -4.52. The smallest absolute Gasteiger partial charge is 0.422 e. The predicted octanol–water partition coefficient (Wildman–Crippen LogP) is 4.74. The molecule has 3 rings (SSSR count). The molecule has 0 fully saturated rings. The summed E-state index contributed by atoms with van der Waals surface area (Å²) in [5.41, 5.74) is 1.31. The topological polar surface area (TPSA) is 101 Å².